The predicted octanol–water partition coefficient (Wildman–Crippen LogP) is 5.09. The Bertz CT molecular complexity index is 1130. The van der Waals surface area contributed by atoms with Gasteiger partial charge in [-0.3, -0.25) is 9.59 Å². The third-order valence-electron chi connectivity index (χ3n) is 5.61. The fraction of sp³-hybridized carbons (Fsp3) is 0.286. The number of benzene rings is 2. The monoisotopic (exact) mass is 454 g/mol. The zero-order valence-corrected chi connectivity index (χ0v) is 19.2. The van der Waals surface area contributed by atoms with Crippen LogP contribution in [0.5, 0.6) is 0 Å². The Balaban J connectivity index is 1.80. The van der Waals surface area contributed by atoms with Crippen molar-refractivity contribution in [3.63, 3.8) is 0 Å². The summed E-state index contributed by atoms with van der Waals surface area (Å²) in [5.41, 5.74) is 2.36. The highest BCUT2D eigenvalue weighted by atomic mass is 16.6. The van der Waals surface area contributed by atoms with E-state index in [1.165, 1.54) is 6.08 Å². The van der Waals surface area contributed by atoms with Gasteiger partial charge >= 0.3 is 11.9 Å². The van der Waals surface area contributed by atoms with Gasteiger partial charge in [-0.15, -0.1) is 0 Å². The molecular weight excluding hydrogens is 428 g/mol. The highest BCUT2D eigenvalue weighted by Crippen LogP contribution is 2.36. The highest BCUT2D eigenvalue weighted by Gasteiger charge is 2.47. The van der Waals surface area contributed by atoms with Gasteiger partial charge < -0.3 is 9.47 Å². The van der Waals surface area contributed by atoms with Crippen molar-refractivity contribution in [2.24, 2.45) is 17.3 Å². The summed E-state index contributed by atoms with van der Waals surface area (Å²) in [7, 11) is 0. The number of carbonyl (C=O) groups is 2. The van der Waals surface area contributed by atoms with Crippen molar-refractivity contribution >= 4 is 17.5 Å². The zero-order chi connectivity index (χ0) is 24.6. The van der Waals surface area contributed by atoms with E-state index in [-0.39, 0.29) is 19.6 Å². The number of ether oxygens (including phenoxy) is 2. The SMILES string of the molecule is C[C@H](C#N)COC(=O)C1(C(=O)OC[C@H](C)C#N)C=CC(c2ccc(-c3ccccc3)cc2)=CC1. The predicted molar refractivity (Wildman–Crippen MR) is 128 cm³/mol. The van der Waals surface area contributed by atoms with E-state index in [0.717, 1.165) is 22.3 Å². The Morgan fingerprint density at radius 2 is 1.35 bits per heavy atom. The Morgan fingerprint density at radius 1 is 0.853 bits per heavy atom. The molecule has 0 unspecified atom stereocenters. The molecule has 6 heteroatoms. The molecule has 1 aliphatic carbocycles. The number of allylic oxidation sites excluding steroid dienone is 3. The molecule has 2 atom stereocenters. The quantitative estimate of drug-likeness (QED) is 0.407. The first-order valence-corrected chi connectivity index (χ1v) is 11.1. The molecule has 6 nitrogen and oxygen atoms in total. The molecule has 0 amide bonds. The van der Waals surface area contributed by atoms with Crippen LogP contribution in [0.25, 0.3) is 16.7 Å². The summed E-state index contributed by atoms with van der Waals surface area (Å²) in [6.07, 6.45) is 5.08. The van der Waals surface area contributed by atoms with E-state index in [4.69, 9.17) is 20.0 Å². The second-order valence-corrected chi connectivity index (χ2v) is 8.37. The molecule has 0 saturated carbocycles. The Morgan fingerprint density at radius 3 is 1.82 bits per heavy atom. The van der Waals surface area contributed by atoms with E-state index in [0.29, 0.717) is 0 Å². The van der Waals surface area contributed by atoms with Crippen molar-refractivity contribution < 1.29 is 19.1 Å². The largest absolute Gasteiger partial charge is 0.463 e. The second kappa shape index (κ2) is 11.1. The summed E-state index contributed by atoms with van der Waals surface area (Å²) in [5.74, 6) is -2.54. The Labute approximate surface area is 199 Å². The van der Waals surface area contributed by atoms with Crippen LogP contribution in [-0.4, -0.2) is 25.2 Å². The van der Waals surface area contributed by atoms with Gasteiger partial charge in [0.05, 0.1) is 24.0 Å². The molecule has 2 aromatic rings. The minimum atomic E-state index is -1.65. The molecule has 0 N–H and O–H groups in total. The molecule has 2 aromatic carbocycles. The minimum Gasteiger partial charge on any atom is -0.463 e. The molecule has 0 aromatic heterocycles. The van der Waals surface area contributed by atoms with Gasteiger partial charge in [-0.1, -0.05) is 72.8 Å². The van der Waals surface area contributed by atoms with Crippen LogP contribution in [0.1, 0.15) is 25.8 Å². The van der Waals surface area contributed by atoms with Crippen molar-refractivity contribution in [1.29, 1.82) is 10.5 Å². The first-order chi connectivity index (χ1) is 16.4. The molecule has 34 heavy (non-hydrogen) atoms. The maximum absolute atomic E-state index is 13.0. The van der Waals surface area contributed by atoms with E-state index < -0.39 is 29.2 Å². The molecule has 172 valence electrons. The van der Waals surface area contributed by atoms with Crippen molar-refractivity contribution in [3.8, 4) is 23.3 Å². The maximum atomic E-state index is 13.0. The minimum absolute atomic E-state index is 0.0544. The van der Waals surface area contributed by atoms with Crippen LogP contribution in [0.3, 0.4) is 0 Å². The zero-order valence-electron chi connectivity index (χ0n) is 19.2. The van der Waals surface area contributed by atoms with Crippen LogP contribution in [-0.2, 0) is 19.1 Å². The number of hydrogen-bond acceptors (Lipinski definition) is 6. The van der Waals surface area contributed by atoms with Crippen LogP contribution < -0.4 is 0 Å². The smallest absolute Gasteiger partial charge is 0.327 e. The van der Waals surface area contributed by atoms with Crippen LogP contribution in [0.4, 0.5) is 0 Å². The average Bonchev–Trinajstić information content (AvgIpc) is 2.90. The number of esters is 2. The average molecular weight is 455 g/mol. The third-order valence-corrected chi connectivity index (χ3v) is 5.61. The van der Waals surface area contributed by atoms with Crippen LogP contribution in [0.15, 0.2) is 72.8 Å². The molecule has 0 fully saturated rings. The summed E-state index contributed by atoms with van der Waals surface area (Å²) in [6, 6.07) is 22.1. The first kappa shape index (κ1) is 24.5. The molecule has 3 rings (SSSR count). The molecule has 0 aliphatic heterocycles. The van der Waals surface area contributed by atoms with E-state index in [2.05, 4.69) is 0 Å². The van der Waals surface area contributed by atoms with Gasteiger partial charge in [-0.25, -0.2) is 0 Å². The topological polar surface area (TPSA) is 100 Å². The van der Waals surface area contributed by atoms with Gasteiger partial charge in [0.1, 0.15) is 13.2 Å². The van der Waals surface area contributed by atoms with Crippen LogP contribution in [0.2, 0.25) is 0 Å². The van der Waals surface area contributed by atoms with Gasteiger partial charge in [0, 0.05) is 0 Å². The number of carbonyl (C=O) groups excluding carboxylic acids is 2. The number of hydrogen-bond donors (Lipinski definition) is 0. The highest BCUT2D eigenvalue weighted by molar-refractivity contribution is 6.04. The van der Waals surface area contributed by atoms with Gasteiger partial charge in [0.25, 0.3) is 0 Å². The fourth-order valence-electron chi connectivity index (χ4n) is 3.46. The molecular formula is C28H26N2O4. The summed E-state index contributed by atoms with van der Waals surface area (Å²) in [6.45, 7) is 3.01. The molecule has 0 heterocycles. The summed E-state index contributed by atoms with van der Waals surface area (Å²) in [5, 5.41) is 17.9. The maximum Gasteiger partial charge on any atom is 0.327 e. The number of nitriles is 2. The Kier molecular flexibility index (Phi) is 8.01. The van der Waals surface area contributed by atoms with Gasteiger partial charge in [-0.05, 0) is 42.5 Å². The second-order valence-electron chi connectivity index (χ2n) is 8.37. The van der Waals surface area contributed by atoms with Crippen molar-refractivity contribution in [2.45, 2.75) is 20.3 Å². The number of rotatable bonds is 8. The van der Waals surface area contributed by atoms with Gasteiger partial charge in [-0.2, -0.15) is 10.5 Å². The van der Waals surface area contributed by atoms with Gasteiger partial charge in [0.15, 0.2) is 5.41 Å². The molecule has 1 aliphatic rings. The lowest BCUT2D eigenvalue weighted by Crippen LogP contribution is -2.42. The lowest BCUT2D eigenvalue weighted by atomic mass is 9.78. The lowest BCUT2D eigenvalue weighted by molar-refractivity contribution is -0.169. The van der Waals surface area contributed by atoms with Crippen molar-refractivity contribution in [1.82, 2.24) is 0 Å². The lowest BCUT2D eigenvalue weighted by Gasteiger charge is -2.28. The van der Waals surface area contributed by atoms with Crippen LogP contribution >= 0.6 is 0 Å². The normalized spacial score (nSPS) is 15.7. The number of nitrogens with zero attached hydrogens (tertiary/aromatic N) is 2. The first-order valence-electron chi connectivity index (χ1n) is 11.1. The Hall–Kier alpha value is -4.16. The third kappa shape index (κ3) is 5.60. The summed E-state index contributed by atoms with van der Waals surface area (Å²) >= 11 is 0. The summed E-state index contributed by atoms with van der Waals surface area (Å²) in [4.78, 5) is 25.9. The molecule has 0 radical (unpaired) electrons. The molecule has 0 saturated heterocycles. The van der Waals surface area contributed by atoms with E-state index in [1.54, 1.807) is 19.9 Å². The molecule has 0 spiro atoms. The van der Waals surface area contributed by atoms with E-state index >= 15 is 0 Å². The molecule has 0 bridgehead atoms. The fourth-order valence-corrected chi connectivity index (χ4v) is 3.46. The van der Waals surface area contributed by atoms with E-state index in [9.17, 15) is 9.59 Å². The van der Waals surface area contributed by atoms with Gasteiger partial charge in [0.2, 0.25) is 0 Å². The van der Waals surface area contributed by atoms with Crippen molar-refractivity contribution in [3.05, 3.63) is 78.4 Å². The van der Waals surface area contributed by atoms with Crippen LogP contribution in [0, 0.1) is 39.9 Å². The standard InChI is InChI=1S/C28H26N2O4/c1-20(16-29)18-33-26(31)28(27(32)34-19-21(2)17-30)14-12-25(13-15-28)24-10-8-23(9-11-24)22-6-4-3-5-7-22/h3-14,20-21H,15,18-19H2,1-2H3/t20-,21-/m1/s1. The summed E-state index contributed by atoms with van der Waals surface area (Å²) < 4.78 is 10.6. The van der Waals surface area contributed by atoms with E-state index in [1.807, 2.05) is 72.8 Å². The van der Waals surface area contributed by atoms with Crippen molar-refractivity contribution in [2.75, 3.05) is 13.2 Å².